The third kappa shape index (κ3) is 5.89. The molecule has 86 valence electrons. The second kappa shape index (κ2) is 4.96. The van der Waals surface area contributed by atoms with E-state index in [9.17, 15) is 0 Å². The summed E-state index contributed by atoms with van der Waals surface area (Å²) in [6.07, 6.45) is 0. The average Bonchev–Trinajstić information content (AvgIpc) is 2.05. The van der Waals surface area contributed by atoms with Crippen molar-refractivity contribution in [3.05, 3.63) is 23.3 Å². The summed E-state index contributed by atoms with van der Waals surface area (Å²) in [5.41, 5.74) is 15.0. The van der Waals surface area contributed by atoms with Gasteiger partial charge in [0.2, 0.25) is 0 Å². The van der Waals surface area contributed by atoms with Gasteiger partial charge in [-0.25, -0.2) is 0 Å². The first-order valence-corrected chi connectivity index (χ1v) is 5.33. The predicted molar refractivity (Wildman–Crippen MR) is 58.9 cm³/mol. The molecular formula is C8H14N2O4S. The lowest BCUT2D eigenvalue weighted by molar-refractivity contribution is 0.381. The Hall–Kier alpha value is -1.31. The Bertz CT molecular complexity index is 407. The molecule has 0 saturated heterocycles. The summed E-state index contributed by atoms with van der Waals surface area (Å²) in [4.78, 5) is 0. The number of hydrogen-bond donors (Lipinski definition) is 4. The summed E-state index contributed by atoms with van der Waals surface area (Å²) in [7, 11) is -4.67. The molecule has 7 heteroatoms. The highest BCUT2D eigenvalue weighted by molar-refractivity contribution is 7.79. The van der Waals surface area contributed by atoms with Crippen LogP contribution in [0.5, 0.6) is 0 Å². The van der Waals surface area contributed by atoms with Crippen LogP contribution in [0.4, 0.5) is 11.4 Å². The molecule has 0 bridgehead atoms. The Morgan fingerprint density at radius 3 is 1.87 bits per heavy atom. The highest BCUT2D eigenvalue weighted by Gasteiger charge is 1.99. The van der Waals surface area contributed by atoms with Gasteiger partial charge in [0.1, 0.15) is 0 Å². The van der Waals surface area contributed by atoms with Gasteiger partial charge in [0, 0.05) is 11.4 Å². The van der Waals surface area contributed by atoms with E-state index in [-0.39, 0.29) is 0 Å². The van der Waals surface area contributed by atoms with E-state index < -0.39 is 10.4 Å². The third-order valence-corrected chi connectivity index (χ3v) is 1.77. The van der Waals surface area contributed by atoms with Crippen molar-refractivity contribution in [2.24, 2.45) is 0 Å². The van der Waals surface area contributed by atoms with Crippen molar-refractivity contribution in [1.29, 1.82) is 0 Å². The molecule has 6 N–H and O–H groups in total. The van der Waals surface area contributed by atoms with E-state index in [1.165, 1.54) is 0 Å². The second-order valence-electron chi connectivity index (χ2n) is 2.96. The fourth-order valence-electron chi connectivity index (χ4n) is 0.881. The summed E-state index contributed by atoms with van der Waals surface area (Å²) < 4.78 is 31.6. The first kappa shape index (κ1) is 13.7. The molecule has 0 aliphatic heterocycles. The highest BCUT2D eigenvalue weighted by Crippen LogP contribution is 2.21. The number of rotatable bonds is 0. The fourth-order valence-corrected chi connectivity index (χ4v) is 0.881. The molecule has 0 aliphatic rings. The van der Waals surface area contributed by atoms with Gasteiger partial charge in [-0.1, -0.05) is 6.07 Å². The van der Waals surface area contributed by atoms with Crippen LogP contribution in [-0.4, -0.2) is 17.5 Å². The second-order valence-corrected chi connectivity index (χ2v) is 3.85. The van der Waals surface area contributed by atoms with Crippen LogP contribution in [0.2, 0.25) is 0 Å². The van der Waals surface area contributed by atoms with Gasteiger partial charge in [0.25, 0.3) is 0 Å². The molecule has 15 heavy (non-hydrogen) atoms. The van der Waals surface area contributed by atoms with E-state index in [4.69, 9.17) is 29.0 Å². The van der Waals surface area contributed by atoms with Crippen LogP contribution in [0, 0.1) is 13.8 Å². The summed E-state index contributed by atoms with van der Waals surface area (Å²) in [6.45, 7) is 3.90. The van der Waals surface area contributed by atoms with E-state index in [2.05, 4.69) is 0 Å². The Morgan fingerprint density at radius 2 is 1.53 bits per heavy atom. The maximum atomic E-state index is 8.74. The summed E-state index contributed by atoms with van der Waals surface area (Å²) in [5, 5.41) is 0. The molecule has 0 amide bonds. The Morgan fingerprint density at radius 1 is 1.13 bits per heavy atom. The first-order valence-electron chi connectivity index (χ1n) is 3.94. The minimum atomic E-state index is -4.67. The predicted octanol–water partition coefficient (Wildman–Crippen LogP) is 0.815. The van der Waals surface area contributed by atoms with Crippen LogP contribution in [0.15, 0.2) is 12.1 Å². The molecule has 0 atom stereocenters. The zero-order valence-corrected chi connectivity index (χ0v) is 9.25. The van der Waals surface area contributed by atoms with Crippen LogP contribution < -0.4 is 11.5 Å². The van der Waals surface area contributed by atoms with Gasteiger partial charge in [-0.2, -0.15) is 8.42 Å². The molecule has 1 aromatic carbocycles. The Balaban J connectivity index is 0.000000336. The molecule has 0 fully saturated rings. The Labute approximate surface area is 88.5 Å². The number of nitrogens with two attached hydrogens (primary N) is 2. The van der Waals surface area contributed by atoms with Gasteiger partial charge in [0.15, 0.2) is 0 Å². The maximum Gasteiger partial charge on any atom is 0.394 e. The lowest BCUT2D eigenvalue weighted by Crippen LogP contribution is -1.97. The molecule has 1 aromatic rings. The van der Waals surface area contributed by atoms with E-state index in [0.717, 1.165) is 22.5 Å². The zero-order chi connectivity index (χ0) is 12.2. The number of aryl methyl sites for hydroxylation is 1. The minimum absolute atomic E-state index is 0.767. The van der Waals surface area contributed by atoms with Crippen molar-refractivity contribution in [3.8, 4) is 0 Å². The van der Waals surface area contributed by atoms with Crippen LogP contribution in [0.1, 0.15) is 11.1 Å². The third-order valence-electron chi connectivity index (χ3n) is 1.77. The molecule has 0 aliphatic carbocycles. The van der Waals surface area contributed by atoms with Crippen LogP contribution in [-0.2, 0) is 10.4 Å². The molecule has 0 unspecified atom stereocenters. The molecule has 0 radical (unpaired) electrons. The number of benzene rings is 1. The summed E-state index contributed by atoms with van der Waals surface area (Å²) in [6, 6.07) is 3.80. The molecule has 0 heterocycles. The number of hydrogen-bond acceptors (Lipinski definition) is 4. The zero-order valence-electron chi connectivity index (χ0n) is 8.43. The van der Waals surface area contributed by atoms with Crippen molar-refractivity contribution in [3.63, 3.8) is 0 Å². The van der Waals surface area contributed by atoms with Crippen LogP contribution in [0.25, 0.3) is 0 Å². The number of anilines is 2. The first-order chi connectivity index (χ1) is 6.63. The lowest BCUT2D eigenvalue weighted by atomic mass is 10.1. The van der Waals surface area contributed by atoms with Crippen molar-refractivity contribution < 1.29 is 17.5 Å². The molecule has 6 nitrogen and oxygen atoms in total. The smallest absolute Gasteiger partial charge is 0.394 e. The largest absolute Gasteiger partial charge is 0.398 e. The van der Waals surface area contributed by atoms with E-state index in [1.807, 2.05) is 26.0 Å². The van der Waals surface area contributed by atoms with E-state index in [0.29, 0.717) is 0 Å². The van der Waals surface area contributed by atoms with Gasteiger partial charge in [-0.3, -0.25) is 9.11 Å². The van der Waals surface area contributed by atoms with Crippen LogP contribution >= 0.6 is 0 Å². The van der Waals surface area contributed by atoms with Gasteiger partial charge in [-0.15, -0.1) is 0 Å². The topological polar surface area (TPSA) is 127 Å². The van der Waals surface area contributed by atoms with E-state index >= 15 is 0 Å². The van der Waals surface area contributed by atoms with Gasteiger partial charge >= 0.3 is 10.4 Å². The lowest BCUT2D eigenvalue weighted by Gasteiger charge is -2.05. The van der Waals surface area contributed by atoms with Crippen molar-refractivity contribution >= 4 is 21.8 Å². The van der Waals surface area contributed by atoms with Gasteiger partial charge in [-0.05, 0) is 31.0 Å². The summed E-state index contributed by atoms with van der Waals surface area (Å²) >= 11 is 0. The highest BCUT2D eigenvalue weighted by atomic mass is 32.3. The molecule has 0 spiro atoms. The average molecular weight is 234 g/mol. The van der Waals surface area contributed by atoms with Crippen molar-refractivity contribution in [2.75, 3.05) is 11.5 Å². The van der Waals surface area contributed by atoms with Gasteiger partial charge in [0.05, 0.1) is 0 Å². The van der Waals surface area contributed by atoms with Gasteiger partial charge < -0.3 is 11.5 Å². The molecule has 0 saturated carbocycles. The summed E-state index contributed by atoms with van der Waals surface area (Å²) in [5.74, 6) is 0. The maximum absolute atomic E-state index is 8.74. The molecule has 1 rings (SSSR count). The van der Waals surface area contributed by atoms with Crippen molar-refractivity contribution in [2.45, 2.75) is 13.8 Å². The fraction of sp³-hybridized carbons (Fsp3) is 0.250. The normalized spacial score (nSPS) is 10.4. The number of nitrogen functional groups attached to an aromatic ring is 2. The van der Waals surface area contributed by atoms with Crippen LogP contribution in [0.3, 0.4) is 0 Å². The SMILES string of the molecule is Cc1ccc(N)c(C)c1N.O=S(=O)(O)O. The molecule has 0 aromatic heterocycles. The monoisotopic (exact) mass is 234 g/mol. The quantitative estimate of drug-likeness (QED) is 0.388. The van der Waals surface area contributed by atoms with E-state index in [1.54, 1.807) is 0 Å². The standard InChI is InChI=1S/C8H12N2.H2O4S/c1-5-3-4-7(9)6(2)8(5)10;1-5(2,3)4/h3-4H,9-10H2,1-2H3;(H2,1,2,3,4). The minimum Gasteiger partial charge on any atom is -0.398 e. The Kier molecular flexibility index (Phi) is 4.53. The van der Waals surface area contributed by atoms with Crippen molar-refractivity contribution in [1.82, 2.24) is 0 Å². The molecular weight excluding hydrogens is 220 g/mol.